The molecule has 2 nitrogen and oxygen atoms in total. The van der Waals surface area contributed by atoms with Gasteiger partial charge in [-0.2, -0.15) is 0 Å². The molecule has 0 heterocycles. The Bertz CT molecular complexity index is 190. The standard InChI is InChI=1S/C9H14O2/c1-5-11-9(10)6-8(4)7(2)3/h6H,2,5H2,1,3-4H3/b8-6-. The van der Waals surface area contributed by atoms with Crippen molar-refractivity contribution in [2.75, 3.05) is 6.61 Å². The number of esters is 1. The Hall–Kier alpha value is -1.05. The molecule has 11 heavy (non-hydrogen) atoms. The van der Waals surface area contributed by atoms with Crippen molar-refractivity contribution in [3.8, 4) is 0 Å². The second-order valence-electron chi connectivity index (χ2n) is 2.36. The van der Waals surface area contributed by atoms with Gasteiger partial charge < -0.3 is 4.74 Å². The van der Waals surface area contributed by atoms with E-state index in [9.17, 15) is 4.79 Å². The normalized spacial score (nSPS) is 11.0. The molecule has 0 atom stereocenters. The van der Waals surface area contributed by atoms with Gasteiger partial charge in [0.15, 0.2) is 0 Å². The molecule has 0 rings (SSSR count). The molecule has 0 aliphatic rings. The fourth-order valence-corrected chi connectivity index (χ4v) is 0.484. The number of ether oxygens (including phenoxy) is 1. The molecule has 0 bridgehead atoms. The van der Waals surface area contributed by atoms with Crippen LogP contribution in [0.25, 0.3) is 0 Å². The zero-order valence-corrected chi connectivity index (χ0v) is 7.31. The molecule has 0 saturated heterocycles. The van der Waals surface area contributed by atoms with E-state index in [1.54, 1.807) is 6.92 Å². The van der Waals surface area contributed by atoms with Gasteiger partial charge in [0, 0.05) is 6.08 Å². The summed E-state index contributed by atoms with van der Waals surface area (Å²) in [6, 6.07) is 0. The van der Waals surface area contributed by atoms with E-state index in [1.807, 2.05) is 13.8 Å². The highest BCUT2D eigenvalue weighted by atomic mass is 16.5. The van der Waals surface area contributed by atoms with Crippen molar-refractivity contribution in [1.29, 1.82) is 0 Å². The summed E-state index contributed by atoms with van der Waals surface area (Å²) in [7, 11) is 0. The molecule has 0 N–H and O–H groups in total. The Labute approximate surface area is 67.6 Å². The molecule has 0 aromatic carbocycles. The van der Waals surface area contributed by atoms with Crippen molar-refractivity contribution >= 4 is 5.97 Å². The van der Waals surface area contributed by atoms with Gasteiger partial charge in [0.05, 0.1) is 6.61 Å². The minimum Gasteiger partial charge on any atom is -0.463 e. The van der Waals surface area contributed by atoms with E-state index in [0.717, 1.165) is 11.1 Å². The first kappa shape index (κ1) is 9.95. The minimum atomic E-state index is -0.298. The SMILES string of the molecule is C=C(C)/C(C)=C\C(=O)OCC. The average molecular weight is 154 g/mol. The smallest absolute Gasteiger partial charge is 0.331 e. The van der Waals surface area contributed by atoms with Crippen LogP contribution in [0.4, 0.5) is 0 Å². The zero-order valence-electron chi connectivity index (χ0n) is 7.31. The first-order valence-corrected chi connectivity index (χ1v) is 3.58. The summed E-state index contributed by atoms with van der Waals surface area (Å²) in [4.78, 5) is 10.8. The Morgan fingerprint density at radius 3 is 2.45 bits per heavy atom. The lowest BCUT2D eigenvalue weighted by Crippen LogP contribution is -2.00. The predicted octanol–water partition coefficient (Wildman–Crippen LogP) is 2.07. The molecular formula is C9H14O2. The quantitative estimate of drug-likeness (QED) is 0.353. The van der Waals surface area contributed by atoms with E-state index >= 15 is 0 Å². The third kappa shape index (κ3) is 4.37. The molecule has 2 heteroatoms. The van der Waals surface area contributed by atoms with E-state index in [4.69, 9.17) is 4.74 Å². The molecule has 0 radical (unpaired) electrons. The van der Waals surface area contributed by atoms with Gasteiger partial charge in [-0.1, -0.05) is 12.2 Å². The lowest BCUT2D eigenvalue weighted by molar-refractivity contribution is -0.137. The van der Waals surface area contributed by atoms with Crippen LogP contribution in [0.5, 0.6) is 0 Å². The first-order chi connectivity index (χ1) is 5.07. The number of hydrogen-bond donors (Lipinski definition) is 0. The lowest BCUT2D eigenvalue weighted by atomic mass is 10.1. The van der Waals surface area contributed by atoms with Crippen molar-refractivity contribution in [1.82, 2.24) is 0 Å². The van der Waals surface area contributed by atoms with Gasteiger partial charge in [0.25, 0.3) is 0 Å². The molecule has 0 aliphatic carbocycles. The molecule has 0 aliphatic heterocycles. The fourth-order valence-electron chi connectivity index (χ4n) is 0.484. The van der Waals surface area contributed by atoms with E-state index < -0.39 is 0 Å². The van der Waals surface area contributed by atoms with Gasteiger partial charge in [-0.25, -0.2) is 4.79 Å². The topological polar surface area (TPSA) is 26.3 Å². The van der Waals surface area contributed by atoms with Crippen molar-refractivity contribution in [3.63, 3.8) is 0 Å². The molecule has 0 fully saturated rings. The molecule has 62 valence electrons. The Balaban J connectivity index is 4.08. The monoisotopic (exact) mass is 154 g/mol. The number of rotatable bonds is 3. The Morgan fingerprint density at radius 1 is 1.55 bits per heavy atom. The van der Waals surface area contributed by atoms with Gasteiger partial charge in [-0.05, 0) is 26.3 Å². The Kier molecular flexibility index (Phi) is 4.27. The van der Waals surface area contributed by atoms with E-state index in [0.29, 0.717) is 6.61 Å². The average Bonchev–Trinajstić information content (AvgIpc) is 1.87. The number of carbonyl (C=O) groups excluding carboxylic acids is 1. The second-order valence-corrected chi connectivity index (χ2v) is 2.36. The van der Waals surface area contributed by atoms with Crippen LogP contribution in [0.1, 0.15) is 20.8 Å². The van der Waals surface area contributed by atoms with Gasteiger partial charge in [-0.3, -0.25) is 0 Å². The van der Waals surface area contributed by atoms with Crippen LogP contribution in [0.3, 0.4) is 0 Å². The molecule has 0 aromatic rings. The van der Waals surface area contributed by atoms with E-state index in [-0.39, 0.29) is 5.97 Å². The minimum absolute atomic E-state index is 0.298. The summed E-state index contributed by atoms with van der Waals surface area (Å²) >= 11 is 0. The molecule has 0 unspecified atom stereocenters. The van der Waals surface area contributed by atoms with Crippen LogP contribution in [0.15, 0.2) is 23.8 Å². The summed E-state index contributed by atoms with van der Waals surface area (Å²) in [6.07, 6.45) is 1.45. The summed E-state index contributed by atoms with van der Waals surface area (Å²) in [5.41, 5.74) is 1.75. The van der Waals surface area contributed by atoms with Crippen molar-refractivity contribution < 1.29 is 9.53 Å². The van der Waals surface area contributed by atoms with Crippen LogP contribution in [-0.2, 0) is 9.53 Å². The van der Waals surface area contributed by atoms with Crippen LogP contribution in [0.2, 0.25) is 0 Å². The maximum absolute atomic E-state index is 10.8. The first-order valence-electron chi connectivity index (χ1n) is 3.58. The molecule has 0 spiro atoms. The summed E-state index contributed by atoms with van der Waals surface area (Å²) in [6.45, 7) is 9.57. The summed E-state index contributed by atoms with van der Waals surface area (Å²) < 4.78 is 4.71. The number of hydrogen-bond acceptors (Lipinski definition) is 2. The predicted molar refractivity (Wildman–Crippen MR) is 45.2 cm³/mol. The van der Waals surface area contributed by atoms with Gasteiger partial charge in [-0.15, -0.1) is 0 Å². The molecular weight excluding hydrogens is 140 g/mol. The third-order valence-corrected chi connectivity index (χ3v) is 1.29. The highest BCUT2D eigenvalue weighted by molar-refractivity contribution is 5.83. The Morgan fingerprint density at radius 2 is 2.09 bits per heavy atom. The van der Waals surface area contributed by atoms with Crippen LogP contribution < -0.4 is 0 Å². The largest absolute Gasteiger partial charge is 0.463 e. The van der Waals surface area contributed by atoms with Gasteiger partial charge in [0.2, 0.25) is 0 Å². The maximum atomic E-state index is 10.8. The van der Waals surface area contributed by atoms with Crippen LogP contribution in [-0.4, -0.2) is 12.6 Å². The molecule has 0 amide bonds. The third-order valence-electron chi connectivity index (χ3n) is 1.29. The number of allylic oxidation sites excluding steroid dienone is 2. The number of carbonyl (C=O) groups is 1. The summed E-state index contributed by atoms with van der Waals surface area (Å²) in [5.74, 6) is -0.298. The van der Waals surface area contributed by atoms with Gasteiger partial charge in [0.1, 0.15) is 0 Å². The summed E-state index contributed by atoms with van der Waals surface area (Å²) in [5, 5.41) is 0. The zero-order chi connectivity index (χ0) is 8.85. The second kappa shape index (κ2) is 4.72. The fraction of sp³-hybridized carbons (Fsp3) is 0.444. The van der Waals surface area contributed by atoms with Crippen LogP contribution >= 0.6 is 0 Å². The van der Waals surface area contributed by atoms with Crippen molar-refractivity contribution in [2.24, 2.45) is 0 Å². The van der Waals surface area contributed by atoms with E-state index in [2.05, 4.69) is 6.58 Å². The van der Waals surface area contributed by atoms with Gasteiger partial charge >= 0.3 is 5.97 Å². The van der Waals surface area contributed by atoms with Crippen molar-refractivity contribution in [2.45, 2.75) is 20.8 Å². The molecule has 0 saturated carbocycles. The maximum Gasteiger partial charge on any atom is 0.331 e. The highest BCUT2D eigenvalue weighted by Crippen LogP contribution is 2.04. The van der Waals surface area contributed by atoms with Crippen molar-refractivity contribution in [3.05, 3.63) is 23.8 Å². The van der Waals surface area contributed by atoms with Crippen LogP contribution in [0, 0.1) is 0 Å². The highest BCUT2D eigenvalue weighted by Gasteiger charge is 1.97. The van der Waals surface area contributed by atoms with E-state index in [1.165, 1.54) is 6.08 Å². The molecule has 0 aromatic heterocycles. The lowest BCUT2D eigenvalue weighted by Gasteiger charge is -1.98.